The van der Waals surface area contributed by atoms with Crippen molar-refractivity contribution in [2.75, 3.05) is 4.90 Å². The summed E-state index contributed by atoms with van der Waals surface area (Å²) in [6.45, 7) is 0. The average Bonchev–Trinajstić information content (AvgIpc) is 3.85. The van der Waals surface area contributed by atoms with Crippen LogP contribution in [0.3, 0.4) is 0 Å². The fourth-order valence-corrected chi connectivity index (χ4v) is 8.99. The van der Waals surface area contributed by atoms with Crippen molar-refractivity contribution in [1.29, 1.82) is 0 Å². The lowest BCUT2D eigenvalue weighted by atomic mass is 9.67. The summed E-state index contributed by atoms with van der Waals surface area (Å²) in [5, 5.41) is 0. The van der Waals surface area contributed by atoms with Gasteiger partial charge in [-0.2, -0.15) is 0 Å². The third kappa shape index (κ3) is 6.07. The van der Waals surface area contributed by atoms with E-state index in [1.165, 1.54) is 88.8 Å². The van der Waals surface area contributed by atoms with Gasteiger partial charge in [0.2, 0.25) is 0 Å². The summed E-state index contributed by atoms with van der Waals surface area (Å²) in [6.07, 6.45) is 0.994. The number of benzene rings is 9. The van der Waals surface area contributed by atoms with Crippen molar-refractivity contribution in [2.24, 2.45) is 0 Å². The van der Waals surface area contributed by atoms with E-state index in [2.05, 4.69) is 217 Å². The summed E-state index contributed by atoms with van der Waals surface area (Å²) in [4.78, 5) is 2.37. The Hall–Kier alpha value is -7.16. The Morgan fingerprint density at radius 3 is 1.30 bits per heavy atom. The molecule has 0 fully saturated rings. The molecule has 11 rings (SSSR count). The van der Waals surface area contributed by atoms with Gasteiger partial charge in [0.25, 0.3) is 0 Å². The van der Waals surface area contributed by atoms with Crippen molar-refractivity contribution in [3.8, 4) is 66.8 Å². The van der Waals surface area contributed by atoms with E-state index in [0.717, 1.165) is 30.8 Å². The summed E-state index contributed by atoms with van der Waals surface area (Å²) in [6, 6.07) is 78.0. The van der Waals surface area contributed by atoms with Crippen LogP contribution in [0.15, 0.2) is 212 Å². The maximum atomic E-state index is 2.38. The van der Waals surface area contributed by atoms with Crippen LogP contribution in [-0.2, 0) is 6.42 Å². The highest BCUT2D eigenvalue weighted by molar-refractivity contribution is 6.73. The van der Waals surface area contributed by atoms with E-state index in [1.807, 2.05) is 0 Å². The molecule has 266 valence electrons. The van der Waals surface area contributed by atoms with Crippen molar-refractivity contribution in [3.05, 3.63) is 223 Å². The molecule has 0 spiro atoms. The predicted octanol–water partition coefficient (Wildman–Crippen LogP) is 12.8. The Morgan fingerprint density at radius 2 is 0.684 bits per heavy atom. The molecule has 0 saturated heterocycles. The van der Waals surface area contributed by atoms with Crippen LogP contribution in [0.5, 0.6) is 0 Å². The van der Waals surface area contributed by atoms with E-state index >= 15 is 0 Å². The summed E-state index contributed by atoms with van der Waals surface area (Å²) >= 11 is 0. The van der Waals surface area contributed by atoms with E-state index < -0.39 is 0 Å². The molecule has 0 aromatic heterocycles. The second kappa shape index (κ2) is 13.9. The molecule has 0 N–H and O–H groups in total. The van der Waals surface area contributed by atoms with Gasteiger partial charge in [-0.25, -0.2) is 0 Å². The first-order valence-corrected chi connectivity index (χ1v) is 19.9. The molecule has 1 aliphatic heterocycles. The zero-order chi connectivity index (χ0) is 37.7. The Bertz CT molecular complexity index is 2770. The number of hydrogen-bond donors (Lipinski definition) is 0. The highest BCUT2D eigenvalue weighted by Gasteiger charge is 2.21. The minimum absolute atomic E-state index is 0.994. The SMILES string of the molecule is B1c2ccccc2-c2ccc(-c3ccc(N(c4ccc(-c5ccc(-c6ccccc6)cc5)cc4)c4ccc(-c5ccc6c(c5)Cc5ccccc5-6)cc4)cc3)cc21. The Kier molecular flexibility index (Phi) is 8.07. The predicted molar refractivity (Wildman–Crippen MR) is 243 cm³/mol. The van der Waals surface area contributed by atoms with Crippen molar-refractivity contribution in [1.82, 2.24) is 0 Å². The van der Waals surface area contributed by atoms with Crippen molar-refractivity contribution in [3.63, 3.8) is 0 Å². The summed E-state index contributed by atoms with van der Waals surface area (Å²) in [7, 11) is 0.994. The minimum Gasteiger partial charge on any atom is -0.311 e. The normalized spacial score (nSPS) is 11.9. The van der Waals surface area contributed by atoms with Gasteiger partial charge in [0.15, 0.2) is 7.28 Å². The molecular formula is C55H38BN. The molecule has 0 amide bonds. The van der Waals surface area contributed by atoms with Gasteiger partial charge in [-0.15, -0.1) is 0 Å². The van der Waals surface area contributed by atoms with Gasteiger partial charge in [-0.05, 0) is 121 Å². The topological polar surface area (TPSA) is 3.24 Å². The van der Waals surface area contributed by atoms with E-state index in [1.54, 1.807) is 0 Å². The van der Waals surface area contributed by atoms with Gasteiger partial charge in [-0.3, -0.25) is 0 Å². The Morgan fingerprint density at radius 1 is 0.281 bits per heavy atom. The second-order valence-corrected chi connectivity index (χ2v) is 15.3. The van der Waals surface area contributed by atoms with Crippen LogP contribution in [0, 0.1) is 0 Å². The first-order valence-electron chi connectivity index (χ1n) is 19.9. The van der Waals surface area contributed by atoms with Gasteiger partial charge in [0.05, 0.1) is 0 Å². The van der Waals surface area contributed by atoms with Crippen LogP contribution in [0.4, 0.5) is 17.1 Å². The molecule has 2 heteroatoms. The van der Waals surface area contributed by atoms with Crippen LogP contribution in [0.2, 0.25) is 0 Å². The molecule has 9 aromatic carbocycles. The van der Waals surface area contributed by atoms with Crippen molar-refractivity contribution < 1.29 is 0 Å². The number of fused-ring (bicyclic) bond motifs is 6. The molecule has 0 atom stereocenters. The fourth-order valence-electron chi connectivity index (χ4n) is 8.99. The van der Waals surface area contributed by atoms with Crippen LogP contribution < -0.4 is 15.8 Å². The number of rotatable bonds is 7. The maximum absolute atomic E-state index is 2.38. The molecular weight excluding hydrogens is 685 g/mol. The van der Waals surface area contributed by atoms with E-state index in [4.69, 9.17) is 0 Å². The van der Waals surface area contributed by atoms with E-state index in [9.17, 15) is 0 Å². The lowest BCUT2D eigenvalue weighted by molar-refractivity contribution is 1.26. The quantitative estimate of drug-likeness (QED) is 0.148. The third-order valence-electron chi connectivity index (χ3n) is 12.0. The molecule has 2 aliphatic rings. The van der Waals surface area contributed by atoms with E-state index in [-0.39, 0.29) is 0 Å². The zero-order valence-electron chi connectivity index (χ0n) is 31.6. The fraction of sp³-hybridized carbons (Fsp3) is 0.0182. The summed E-state index contributed by atoms with van der Waals surface area (Å²) < 4.78 is 0. The highest BCUT2D eigenvalue weighted by Crippen LogP contribution is 2.41. The van der Waals surface area contributed by atoms with Crippen LogP contribution in [-0.4, -0.2) is 7.28 Å². The minimum atomic E-state index is 0.994. The number of hydrogen-bond acceptors (Lipinski definition) is 1. The van der Waals surface area contributed by atoms with Crippen LogP contribution >= 0.6 is 0 Å². The smallest absolute Gasteiger partial charge is 0.193 e. The molecule has 0 saturated carbocycles. The molecule has 1 heterocycles. The van der Waals surface area contributed by atoms with Crippen LogP contribution in [0.1, 0.15) is 11.1 Å². The lowest BCUT2D eigenvalue weighted by Crippen LogP contribution is -2.20. The highest BCUT2D eigenvalue weighted by atomic mass is 15.1. The molecule has 1 aliphatic carbocycles. The van der Waals surface area contributed by atoms with Gasteiger partial charge < -0.3 is 4.90 Å². The monoisotopic (exact) mass is 723 g/mol. The molecule has 9 aromatic rings. The third-order valence-corrected chi connectivity index (χ3v) is 12.0. The van der Waals surface area contributed by atoms with Crippen molar-refractivity contribution in [2.45, 2.75) is 6.42 Å². The average molecular weight is 724 g/mol. The molecule has 0 bridgehead atoms. The lowest BCUT2D eigenvalue weighted by Gasteiger charge is -2.26. The number of nitrogens with zero attached hydrogens (tertiary/aromatic N) is 1. The molecule has 0 radical (unpaired) electrons. The Balaban J connectivity index is 0.917. The zero-order valence-corrected chi connectivity index (χ0v) is 31.6. The summed E-state index contributed by atoms with van der Waals surface area (Å²) in [5.74, 6) is 0. The van der Waals surface area contributed by atoms with Gasteiger partial charge in [-0.1, -0.05) is 187 Å². The van der Waals surface area contributed by atoms with Gasteiger partial charge in [0.1, 0.15) is 0 Å². The summed E-state index contributed by atoms with van der Waals surface area (Å²) in [5.41, 5.74) is 24.3. The van der Waals surface area contributed by atoms with E-state index in [0.29, 0.717) is 0 Å². The largest absolute Gasteiger partial charge is 0.311 e. The van der Waals surface area contributed by atoms with Gasteiger partial charge >= 0.3 is 0 Å². The standard InChI is InChI=1S/C55H38BN/c1-2-8-37(9-3-1)38-14-16-39(17-15-38)40-18-26-47(27-19-40)57(48-28-20-41(21-29-48)43-24-32-51-46(34-43)35-45-10-4-5-11-50(45)51)49-30-22-42(23-31-49)44-25-33-53-52-12-6-7-13-54(52)56-55(53)36-44/h1-34,36,56H,35H2. The van der Waals surface area contributed by atoms with Crippen molar-refractivity contribution >= 4 is 35.3 Å². The van der Waals surface area contributed by atoms with Gasteiger partial charge in [0, 0.05) is 17.1 Å². The first-order chi connectivity index (χ1) is 28.2. The number of anilines is 3. The Labute approximate surface area is 335 Å². The van der Waals surface area contributed by atoms with Crippen LogP contribution in [0.25, 0.3) is 66.8 Å². The maximum Gasteiger partial charge on any atom is 0.193 e. The first kappa shape index (κ1) is 33.2. The molecule has 1 nitrogen and oxygen atoms in total. The molecule has 57 heavy (non-hydrogen) atoms. The molecule has 0 unspecified atom stereocenters. The second-order valence-electron chi connectivity index (χ2n) is 15.3.